The van der Waals surface area contributed by atoms with Crippen LogP contribution >= 0.6 is 24.0 Å². The van der Waals surface area contributed by atoms with Gasteiger partial charge in [0.1, 0.15) is 0 Å². The van der Waals surface area contributed by atoms with Crippen LogP contribution in [0.15, 0.2) is 29.3 Å². The van der Waals surface area contributed by atoms with E-state index < -0.39 is 0 Å². The highest BCUT2D eigenvalue weighted by molar-refractivity contribution is 14.0. The summed E-state index contributed by atoms with van der Waals surface area (Å²) in [5, 5.41) is 9.79. The van der Waals surface area contributed by atoms with E-state index in [-0.39, 0.29) is 35.8 Å². The number of carbonyl (C=O) groups excluding carboxylic acids is 1. The van der Waals surface area contributed by atoms with E-state index >= 15 is 0 Å². The molecule has 3 rings (SSSR count). The van der Waals surface area contributed by atoms with Crippen LogP contribution in [0.3, 0.4) is 0 Å². The number of hydrogen-bond donors (Lipinski definition) is 3. The van der Waals surface area contributed by atoms with Gasteiger partial charge in [-0.05, 0) is 50.3 Å². The number of rotatable bonds is 6. The lowest BCUT2D eigenvalue weighted by molar-refractivity contribution is -0.120. The lowest BCUT2D eigenvalue weighted by Gasteiger charge is -2.20. The van der Waals surface area contributed by atoms with Crippen LogP contribution < -0.4 is 16.0 Å². The average Bonchev–Trinajstić information content (AvgIpc) is 3.45. The fourth-order valence-corrected chi connectivity index (χ4v) is 3.27. The Labute approximate surface area is 173 Å². The number of amides is 1. The van der Waals surface area contributed by atoms with E-state index in [1.807, 2.05) is 18.2 Å². The quantitative estimate of drug-likeness (QED) is 0.334. The minimum Gasteiger partial charge on any atom is -0.357 e. The Balaban J connectivity index is 0.00000243. The zero-order valence-electron chi connectivity index (χ0n) is 15.6. The summed E-state index contributed by atoms with van der Waals surface area (Å²) in [6, 6.07) is 8.62. The lowest BCUT2D eigenvalue weighted by atomic mass is 9.88. The van der Waals surface area contributed by atoms with Crippen molar-refractivity contribution in [2.45, 2.75) is 64.5 Å². The largest absolute Gasteiger partial charge is 0.357 e. The molecule has 1 aromatic carbocycles. The van der Waals surface area contributed by atoms with Crippen LogP contribution in [0, 0.1) is 5.92 Å². The highest BCUT2D eigenvalue weighted by Crippen LogP contribution is 2.25. The molecule has 0 radical (unpaired) electrons. The molecule has 2 saturated carbocycles. The van der Waals surface area contributed by atoms with E-state index in [4.69, 9.17) is 0 Å². The molecule has 26 heavy (non-hydrogen) atoms. The number of benzene rings is 1. The summed E-state index contributed by atoms with van der Waals surface area (Å²) in [4.78, 5) is 17.1. The molecule has 2 aliphatic rings. The molecule has 1 aromatic rings. The first-order valence-corrected chi connectivity index (χ1v) is 9.69. The summed E-state index contributed by atoms with van der Waals surface area (Å²) < 4.78 is 0. The van der Waals surface area contributed by atoms with Gasteiger partial charge in [0.15, 0.2) is 5.96 Å². The summed E-state index contributed by atoms with van der Waals surface area (Å²) >= 11 is 0. The van der Waals surface area contributed by atoms with E-state index in [1.165, 1.54) is 32.1 Å². The van der Waals surface area contributed by atoms with Gasteiger partial charge in [-0.3, -0.25) is 4.79 Å². The first-order chi connectivity index (χ1) is 12.2. The SMILES string of the molecule is CCNC(=NCc1cccc(NC(=O)C2CCCCC2)c1)NC1CC1.I. The number of halogens is 1. The molecule has 2 fully saturated rings. The zero-order valence-corrected chi connectivity index (χ0v) is 17.9. The number of anilines is 1. The van der Waals surface area contributed by atoms with Gasteiger partial charge >= 0.3 is 0 Å². The fourth-order valence-electron chi connectivity index (χ4n) is 3.27. The Morgan fingerprint density at radius 3 is 2.62 bits per heavy atom. The van der Waals surface area contributed by atoms with E-state index in [0.29, 0.717) is 12.6 Å². The Morgan fingerprint density at radius 2 is 1.92 bits per heavy atom. The molecule has 5 nitrogen and oxygen atoms in total. The van der Waals surface area contributed by atoms with Crippen molar-refractivity contribution in [3.05, 3.63) is 29.8 Å². The molecule has 144 valence electrons. The summed E-state index contributed by atoms with van der Waals surface area (Å²) in [5.74, 6) is 1.23. The van der Waals surface area contributed by atoms with Crippen molar-refractivity contribution < 1.29 is 4.79 Å². The molecule has 6 heteroatoms. The first kappa shape index (κ1) is 21.0. The van der Waals surface area contributed by atoms with Gasteiger partial charge in [-0.25, -0.2) is 4.99 Å². The van der Waals surface area contributed by atoms with Gasteiger partial charge in [0.05, 0.1) is 6.54 Å². The van der Waals surface area contributed by atoms with Crippen LogP contribution in [0.5, 0.6) is 0 Å². The van der Waals surface area contributed by atoms with Crippen LogP contribution in [0.25, 0.3) is 0 Å². The monoisotopic (exact) mass is 470 g/mol. The van der Waals surface area contributed by atoms with Crippen molar-refractivity contribution >= 4 is 41.5 Å². The maximum Gasteiger partial charge on any atom is 0.227 e. The maximum absolute atomic E-state index is 12.4. The highest BCUT2D eigenvalue weighted by atomic mass is 127. The molecule has 3 N–H and O–H groups in total. The second-order valence-electron chi connectivity index (χ2n) is 7.14. The third kappa shape index (κ3) is 6.78. The molecule has 0 aromatic heterocycles. The smallest absolute Gasteiger partial charge is 0.227 e. The minimum absolute atomic E-state index is 0. The second-order valence-corrected chi connectivity index (χ2v) is 7.14. The summed E-state index contributed by atoms with van der Waals surface area (Å²) in [6.45, 7) is 3.54. The van der Waals surface area contributed by atoms with Crippen molar-refractivity contribution in [3.8, 4) is 0 Å². The molecule has 2 aliphatic carbocycles. The van der Waals surface area contributed by atoms with Gasteiger partial charge < -0.3 is 16.0 Å². The molecule has 0 heterocycles. The van der Waals surface area contributed by atoms with Gasteiger partial charge in [-0.15, -0.1) is 24.0 Å². The van der Waals surface area contributed by atoms with Crippen molar-refractivity contribution in [3.63, 3.8) is 0 Å². The third-order valence-electron chi connectivity index (χ3n) is 4.85. The summed E-state index contributed by atoms with van der Waals surface area (Å²) in [5.41, 5.74) is 1.98. The van der Waals surface area contributed by atoms with Crippen molar-refractivity contribution in [2.75, 3.05) is 11.9 Å². The van der Waals surface area contributed by atoms with Crippen LogP contribution in [-0.4, -0.2) is 24.5 Å². The normalized spacial score (nSPS) is 18.0. The highest BCUT2D eigenvalue weighted by Gasteiger charge is 2.22. The Kier molecular flexibility index (Phi) is 8.68. The number of aliphatic imine (C=N–C) groups is 1. The number of guanidine groups is 1. The molecule has 0 atom stereocenters. The molecule has 1 amide bonds. The minimum atomic E-state index is 0. The molecular weight excluding hydrogens is 439 g/mol. The Hall–Kier alpha value is -1.31. The molecule has 0 saturated heterocycles. The molecule has 0 bridgehead atoms. The van der Waals surface area contributed by atoms with Crippen LogP contribution in [-0.2, 0) is 11.3 Å². The molecule has 0 spiro atoms. The molecule has 0 unspecified atom stereocenters. The lowest BCUT2D eigenvalue weighted by Crippen LogP contribution is -2.38. The predicted octanol–water partition coefficient (Wildman–Crippen LogP) is 4.04. The van der Waals surface area contributed by atoms with Crippen molar-refractivity contribution in [2.24, 2.45) is 10.9 Å². The first-order valence-electron chi connectivity index (χ1n) is 9.69. The van der Waals surface area contributed by atoms with Crippen LogP contribution in [0.2, 0.25) is 0 Å². The average molecular weight is 470 g/mol. The summed E-state index contributed by atoms with van der Waals surface area (Å²) in [7, 11) is 0. The van der Waals surface area contributed by atoms with Gasteiger partial charge in [0, 0.05) is 24.2 Å². The van der Waals surface area contributed by atoms with E-state index in [0.717, 1.165) is 36.6 Å². The van der Waals surface area contributed by atoms with Gasteiger partial charge in [-0.1, -0.05) is 31.4 Å². The number of hydrogen-bond acceptors (Lipinski definition) is 2. The molecular formula is C20H31IN4O. The van der Waals surface area contributed by atoms with Crippen LogP contribution in [0.4, 0.5) is 5.69 Å². The number of carbonyl (C=O) groups is 1. The molecule has 0 aliphatic heterocycles. The number of nitrogens with one attached hydrogen (secondary N) is 3. The van der Waals surface area contributed by atoms with E-state index in [1.54, 1.807) is 0 Å². The maximum atomic E-state index is 12.4. The van der Waals surface area contributed by atoms with Gasteiger partial charge in [0.2, 0.25) is 5.91 Å². The van der Waals surface area contributed by atoms with Crippen molar-refractivity contribution in [1.82, 2.24) is 10.6 Å². The standard InChI is InChI=1S/C20H30N4O.HI/c1-2-21-20(24-17-11-12-17)22-14-15-7-6-10-18(13-15)23-19(25)16-8-4-3-5-9-16;/h6-7,10,13,16-17H,2-5,8-9,11-12,14H2,1H3,(H,23,25)(H2,21,22,24);1H. The summed E-state index contributed by atoms with van der Waals surface area (Å²) in [6.07, 6.45) is 8.12. The number of nitrogens with zero attached hydrogens (tertiary/aromatic N) is 1. The Morgan fingerprint density at radius 1 is 1.15 bits per heavy atom. The fraction of sp³-hybridized carbons (Fsp3) is 0.600. The van der Waals surface area contributed by atoms with E-state index in [9.17, 15) is 4.79 Å². The van der Waals surface area contributed by atoms with Gasteiger partial charge in [0.25, 0.3) is 0 Å². The Bertz CT molecular complexity index is 610. The third-order valence-corrected chi connectivity index (χ3v) is 4.85. The van der Waals surface area contributed by atoms with Crippen molar-refractivity contribution in [1.29, 1.82) is 0 Å². The van der Waals surface area contributed by atoms with Gasteiger partial charge in [-0.2, -0.15) is 0 Å². The topological polar surface area (TPSA) is 65.5 Å². The predicted molar refractivity (Wildman–Crippen MR) is 118 cm³/mol. The van der Waals surface area contributed by atoms with E-state index in [2.05, 4.69) is 33.9 Å². The zero-order chi connectivity index (χ0) is 17.5. The van der Waals surface area contributed by atoms with Crippen LogP contribution in [0.1, 0.15) is 57.4 Å². The second kappa shape index (κ2) is 10.7.